The highest BCUT2D eigenvalue weighted by molar-refractivity contribution is 5.69. The van der Waals surface area contributed by atoms with Crippen LogP contribution in [0.5, 0.6) is 0 Å². The van der Waals surface area contributed by atoms with Gasteiger partial charge in [-0.25, -0.2) is 0 Å². The summed E-state index contributed by atoms with van der Waals surface area (Å²) < 4.78 is 1.93. The van der Waals surface area contributed by atoms with E-state index in [-0.39, 0.29) is 5.56 Å². The van der Waals surface area contributed by atoms with E-state index in [9.17, 15) is 4.79 Å². The van der Waals surface area contributed by atoms with E-state index in [2.05, 4.69) is 79.8 Å². The normalized spacial score (nSPS) is 22.4. The molecule has 1 aromatic carbocycles. The number of pyridine rings is 1. The van der Waals surface area contributed by atoms with E-state index in [4.69, 9.17) is 0 Å². The molecule has 1 fully saturated rings. The largest absolute Gasteiger partial charge is 0.378 e. The van der Waals surface area contributed by atoms with Gasteiger partial charge in [-0.1, -0.05) is 50.3 Å². The monoisotopic (exact) mass is 419 g/mol. The minimum Gasteiger partial charge on any atom is -0.378 e. The standard InChI is InChI=1S/C27H37N3O/c1-20(2)18-30-19-24(23-13-15-29(3)16-14-23)17-26(27(30)31)28-25-11-9-22(10-12-25)21-7-5-4-6-8-21/h4-8,13,17,19-20,22,25,28H,9-12,14-16,18H2,1-3H3. The molecule has 1 aromatic heterocycles. The zero-order valence-corrected chi connectivity index (χ0v) is 19.3. The number of hydrogen-bond donors (Lipinski definition) is 1. The summed E-state index contributed by atoms with van der Waals surface area (Å²) in [5, 5.41) is 3.65. The van der Waals surface area contributed by atoms with Gasteiger partial charge >= 0.3 is 0 Å². The van der Waals surface area contributed by atoms with Crippen LogP contribution in [0.1, 0.15) is 63.0 Å². The van der Waals surface area contributed by atoms with Crippen LogP contribution in [-0.4, -0.2) is 35.6 Å². The fourth-order valence-electron chi connectivity index (χ4n) is 4.99. The first kappa shape index (κ1) is 21.9. The fraction of sp³-hybridized carbons (Fsp3) is 0.519. The Kier molecular flexibility index (Phi) is 6.96. The van der Waals surface area contributed by atoms with Crippen molar-refractivity contribution in [2.45, 2.75) is 64.5 Å². The molecular formula is C27H37N3O. The van der Waals surface area contributed by atoms with Crippen molar-refractivity contribution < 1.29 is 0 Å². The van der Waals surface area contributed by atoms with E-state index in [0.717, 1.165) is 44.6 Å². The Bertz CT molecular complexity index is 952. The van der Waals surface area contributed by atoms with Gasteiger partial charge in [0.05, 0.1) is 0 Å². The van der Waals surface area contributed by atoms with Gasteiger partial charge < -0.3 is 14.8 Å². The minimum absolute atomic E-state index is 0.121. The molecule has 0 spiro atoms. The lowest BCUT2D eigenvalue weighted by Gasteiger charge is -2.30. The number of benzene rings is 1. The van der Waals surface area contributed by atoms with Crippen LogP contribution in [0.4, 0.5) is 5.69 Å². The molecule has 31 heavy (non-hydrogen) atoms. The summed E-state index contributed by atoms with van der Waals surface area (Å²) in [6.07, 6.45) is 10.0. The first-order valence-corrected chi connectivity index (χ1v) is 11.9. The number of anilines is 1. The van der Waals surface area contributed by atoms with Crippen molar-refractivity contribution >= 4 is 11.3 Å². The molecular weight excluding hydrogens is 382 g/mol. The third-order valence-electron chi connectivity index (χ3n) is 6.79. The van der Waals surface area contributed by atoms with Crippen LogP contribution in [-0.2, 0) is 6.54 Å². The van der Waals surface area contributed by atoms with Gasteiger partial charge in [0, 0.05) is 31.9 Å². The van der Waals surface area contributed by atoms with Crippen molar-refractivity contribution in [1.82, 2.24) is 9.47 Å². The van der Waals surface area contributed by atoms with E-state index in [0.29, 0.717) is 17.9 Å². The molecule has 0 radical (unpaired) electrons. The number of rotatable bonds is 6. The molecule has 4 nitrogen and oxygen atoms in total. The summed E-state index contributed by atoms with van der Waals surface area (Å²) in [5.74, 6) is 1.08. The molecule has 0 amide bonds. The number of nitrogens with zero attached hydrogens (tertiary/aromatic N) is 2. The average molecular weight is 420 g/mol. The highest BCUT2D eigenvalue weighted by Gasteiger charge is 2.23. The average Bonchev–Trinajstić information content (AvgIpc) is 2.78. The molecule has 166 valence electrons. The topological polar surface area (TPSA) is 37.3 Å². The van der Waals surface area contributed by atoms with Crippen molar-refractivity contribution in [3.8, 4) is 0 Å². The zero-order valence-electron chi connectivity index (χ0n) is 19.3. The lowest BCUT2D eigenvalue weighted by Crippen LogP contribution is -2.32. The molecule has 0 bridgehead atoms. The molecule has 4 rings (SSSR count). The molecule has 1 aliphatic heterocycles. The van der Waals surface area contributed by atoms with Gasteiger partial charge in [-0.2, -0.15) is 0 Å². The summed E-state index contributed by atoms with van der Waals surface area (Å²) in [7, 11) is 2.16. The number of aromatic nitrogens is 1. The Labute approximate surface area is 187 Å². The van der Waals surface area contributed by atoms with Gasteiger partial charge in [-0.15, -0.1) is 0 Å². The van der Waals surface area contributed by atoms with Crippen molar-refractivity contribution in [3.63, 3.8) is 0 Å². The molecule has 1 aliphatic carbocycles. The minimum atomic E-state index is 0.121. The lowest BCUT2D eigenvalue weighted by molar-refractivity contribution is 0.370. The van der Waals surface area contributed by atoms with Gasteiger partial charge in [0.1, 0.15) is 5.69 Å². The first-order chi connectivity index (χ1) is 15.0. The third-order valence-corrected chi connectivity index (χ3v) is 6.79. The van der Waals surface area contributed by atoms with Gasteiger partial charge in [0.25, 0.3) is 5.56 Å². The summed E-state index contributed by atoms with van der Waals surface area (Å²) >= 11 is 0. The van der Waals surface area contributed by atoms with Crippen molar-refractivity contribution in [2.24, 2.45) is 5.92 Å². The maximum atomic E-state index is 13.2. The first-order valence-electron chi connectivity index (χ1n) is 11.9. The van der Waals surface area contributed by atoms with E-state index in [1.54, 1.807) is 0 Å². The Morgan fingerprint density at radius 1 is 1.10 bits per heavy atom. The molecule has 4 heteroatoms. The quantitative estimate of drug-likeness (QED) is 0.685. The second-order valence-electron chi connectivity index (χ2n) is 9.84. The molecule has 0 unspecified atom stereocenters. The molecule has 0 atom stereocenters. The van der Waals surface area contributed by atoms with Crippen molar-refractivity contribution in [3.05, 3.63) is 70.2 Å². The Morgan fingerprint density at radius 2 is 1.84 bits per heavy atom. The van der Waals surface area contributed by atoms with E-state index in [1.807, 2.05) is 4.57 Å². The van der Waals surface area contributed by atoms with E-state index >= 15 is 0 Å². The highest BCUT2D eigenvalue weighted by atomic mass is 16.1. The Balaban J connectivity index is 1.52. The van der Waals surface area contributed by atoms with Crippen molar-refractivity contribution in [1.29, 1.82) is 0 Å². The molecule has 2 heterocycles. The van der Waals surface area contributed by atoms with Gasteiger partial charge in [0.15, 0.2) is 0 Å². The molecule has 0 saturated heterocycles. The van der Waals surface area contributed by atoms with Crippen LogP contribution in [0.15, 0.2) is 53.5 Å². The maximum Gasteiger partial charge on any atom is 0.273 e. The fourth-order valence-corrected chi connectivity index (χ4v) is 4.99. The Hall–Kier alpha value is -2.33. The van der Waals surface area contributed by atoms with Gasteiger partial charge in [-0.05, 0) is 73.8 Å². The molecule has 2 aliphatic rings. The third kappa shape index (κ3) is 5.48. The van der Waals surface area contributed by atoms with Crippen LogP contribution in [0, 0.1) is 5.92 Å². The predicted molar refractivity (Wildman–Crippen MR) is 131 cm³/mol. The highest BCUT2D eigenvalue weighted by Crippen LogP contribution is 2.34. The SMILES string of the molecule is CC(C)Cn1cc(C2=CCN(C)CC2)cc(NC2CCC(c3ccccc3)CC2)c1=O. The summed E-state index contributed by atoms with van der Waals surface area (Å²) in [5.41, 5.74) is 4.93. The van der Waals surface area contributed by atoms with Crippen LogP contribution in [0.25, 0.3) is 5.57 Å². The lowest BCUT2D eigenvalue weighted by atomic mass is 9.81. The van der Waals surface area contributed by atoms with Gasteiger partial charge in [-0.3, -0.25) is 4.79 Å². The van der Waals surface area contributed by atoms with Crippen LogP contribution < -0.4 is 10.9 Å². The molecule has 2 aromatic rings. The van der Waals surface area contributed by atoms with Crippen molar-refractivity contribution in [2.75, 3.05) is 25.5 Å². The Morgan fingerprint density at radius 3 is 2.48 bits per heavy atom. The molecule has 1 N–H and O–H groups in total. The second-order valence-corrected chi connectivity index (χ2v) is 9.84. The maximum absolute atomic E-state index is 13.2. The zero-order chi connectivity index (χ0) is 21.8. The van der Waals surface area contributed by atoms with Gasteiger partial charge in [0.2, 0.25) is 0 Å². The smallest absolute Gasteiger partial charge is 0.273 e. The molecule has 1 saturated carbocycles. The number of likely N-dealkylation sites (N-methyl/N-ethyl adjacent to an activating group) is 1. The number of nitrogens with one attached hydrogen (secondary N) is 1. The summed E-state index contributed by atoms with van der Waals surface area (Å²) in [6, 6.07) is 13.4. The summed E-state index contributed by atoms with van der Waals surface area (Å²) in [4.78, 5) is 15.6. The van der Waals surface area contributed by atoms with Crippen LogP contribution in [0.2, 0.25) is 0 Å². The second kappa shape index (κ2) is 9.86. The summed E-state index contributed by atoms with van der Waals surface area (Å²) in [6.45, 7) is 7.15. The van der Waals surface area contributed by atoms with Crippen LogP contribution in [0.3, 0.4) is 0 Å². The predicted octanol–water partition coefficient (Wildman–Crippen LogP) is 5.36. The van der Waals surface area contributed by atoms with E-state index < -0.39 is 0 Å². The number of hydrogen-bond acceptors (Lipinski definition) is 3. The van der Waals surface area contributed by atoms with E-state index in [1.165, 1.54) is 29.5 Å². The van der Waals surface area contributed by atoms with Crippen LogP contribution >= 0.6 is 0 Å².